The largest absolute Gasteiger partial charge is 0.351 e. The van der Waals surface area contributed by atoms with Gasteiger partial charge in [-0.1, -0.05) is 23.7 Å². The quantitative estimate of drug-likeness (QED) is 0.869. The van der Waals surface area contributed by atoms with Crippen LogP contribution < -0.4 is 10.6 Å². The first-order chi connectivity index (χ1) is 10.4. The summed E-state index contributed by atoms with van der Waals surface area (Å²) in [6.45, 7) is 3.13. The Kier molecular flexibility index (Phi) is 5.78. The Balaban J connectivity index is 1.87. The molecule has 1 heterocycles. The molecule has 4 nitrogen and oxygen atoms in total. The number of benzene rings is 1. The maximum absolute atomic E-state index is 13.8. The number of carbonyl (C=O) groups is 1. The van der Waals surface area contributed by atoms with E-state index in [1.807, 2.05) is 14.1 Å². The van der Waals surface area contributed by atoms with Gasteiger partial charge in [0.15, 0.2) is 0 Å². The van der Waals surface area contributed by atoms with Crippen molar-refractivity contribution < 1.29 is 9.18 Å². The van der Waals surface area contributed by atoms with Crippen molar-refractivity contribution in [1.82, 2.24) is 15.5 Å². The van der Waals surface area contributed by atoms with E-state index in [-0.39, 0.29) is 23.5 Å². The summed E-state index contributed by atoms with van der Waals surface area (Å²) in [6.07, 6.45) is 0.795. The molecule has 1 aliphatic rings. The van der Waals surface area contributed by atoms with E-state index in [9.17, 15) is 9.18 Å². The molecule has 0 unspecified atom stereocenters. The molecular formula is C16H23ClFN3O. The van der Waals surface area contributed by atoms with Crippen molar-refractivity contribution in [3.05, 3.63) is 34.6 Å². The first kappa shape index (κ1) is 17.2. The van der Waals surface area contributed by atoms with E-state index in [0.717, 1.165) is 13.0 Å². The lowest BCUT2D eigenvalue weighted by atomic mass is 9.97. The van der Waals surface area contributed by atoms with Crippen molar-refractivity contribution in [2.45, 2.75) is 32.0 Å². The monoisotopic (exact) mass is 327 g/mol. The Morgan fingerprint density at radius 2 is 2.27 bits per heavy atom. The van der Waals surface area contributed by atoms with Gasteiger partial charge in [0.2, 0.25) is 5.91 Å². The smallest absolute Gasteiger partial charge is 0.237 e. The molecule has 22 heavy (non-hydrogen) atoms. The lowest BCUT2D eigenvalue weighted by Crippen LogP contribution is -2.40. The number of rotatable bonds is 5. The van der Waals surface area contributed by atoms with Crippen LogP contribution >= 0.6 is 11.6 Å². The summed E-state index contributed by atoms with van der Waals surface area (Å²) in [5, 5.41) is 6.10. The highest BCUT2D eigenvalue weighted by Crippen LogP contribution is 2.21. The molecule has 1 aromatic carbocycles. The van der Waals surface area contributed by atoms with Crippen LogP contribution in [0.3, 0.4) is 0 Å². The van der Waals surface area contributed by atoms with Gasteiger partial charge in [-0.2, -0.15) is 0 Å². The summed E-state index contributed by atoms with van der Waals surface area (Å²) in [4.78, 5) is 14.4. The van der Waals surface area contributed by atoms with Gasteiger partial charge in [-0.05, 0) is 39.4 Å². The molecule has 0 bridgehead atoms. The third kappa shape index (κ3) is 3.97. The van der Waals surface area contributed by atoms with E-state index in [1.165, 1.54) is 6.07 Å². The van der Waals surface area contributed by atoms with E-state index in [1.54, 1.807) is 12.1 Å². The number of hydrogen-bond donors (Lipinski definition) is 2. The van der Waals surface area contributed by atoms with Crippen LogP contribution in [0.2, 0.25) is 5.02 Å². The molecule has 1 aromatic rings. The second kappa shape index (κ2) is 7.40. The molecule has 1 fully saturated rings. The van der Waals surface area contributed by atoms with Crippen LogP contribution in [-0.4, -0.2) is 43.5 Å². The summed E-state index contributed by atoms with van der Waals surface area (Å²) < 4.78 is 13.8. The van der Waals surface area contributed by atoms with Gasteiger partial charge >= 0.3 is 0 Å². The molecule has 0 radical (unpaired) electrons. The molecular weight excluding hydrogens is 305 g/mol. The van der Waals surface area contributed by atoms with Crippen molar-refractivity contribution in [3.63, 3.8) is 0 Å². The lowest BCUT2D eigenvalue weighted by Gasteiger charge is -2.25. The first-order valence-corrected chi connectivity index (χ1v) is 7.88. The SMILES string of the molecule is C[C@@H]([C@@H]1CN[C@H](C(=O)NCc2cccc(Cl)c2F)C1)N(C)C. The summed E-state index contributed by atoms with van der Waals surface area (Å²) in [5.41, 5.74) is 0.400. The number of carbonyl (C=O) groups excluding carboxylic acids is 1. The predicted molar refractivity (Wildman–Crippen MR) is 86.3 cm³/mol. The first-order valence-electron chi connectivity index (χ1n) is 7.50. The Bertz CT molecular complexity index is 538. The van der Waals surface area contributed by atoms with Crippen LogP contribution in [0, 0.1) is 11.7 Å². The van der Waals surface area contributed by atoms with Crippen LogP contribution in [0.1, 0.15) is 18.9 Å². The Morgan fingerprint density at radius 3 is 2.95 bits per heavy atom. The normalized spacial score (nSPS) is 22.8. The average Bonchev–Trinajstić information content (AvgIpc) is 2.97. The van der Waals surface area contributed by atoms with E-state index in [2.05, 4.69) is 22.5 Å². The molecule has 0 saturated carbocycles. The second-order valence-corrected chi connectivity index (χ2v) is 6.50. The molecule has 0 aliphatic carbocycles. The van der Waals surface area contributed by atoms with Crippen LogP contribution in [0.15, 0.2) is 18.2 Å². The summed E-state index contributed by atoms with van der Waals surface area (Å²) in [6, 6.07) is 4.99. The van der Waals surface area contributed by atoms with Crippen molar-refractivity contribution >= 4 is 17.5 Å². The van der Waals surface area contributed by atoms with E-state index in [4.69, 9.17) is 11.6 Å². The second-order valence-electron chi connectivity index (χ2n) is 6.09. The number of amides is 1. The molecule has 122 valence electrons. The molecule has 1 saturated heterocycles. The van der Waals surface area contributed by atoms with Crippen molar-refractivity contribution in [1.29, 1.82) is 0 Å². The highest BCUT2D eigenvalue weighted by atomic mass is 35.5. The summed E-state index contributed by atoms with van der Waals surface area (Å²) >= 11 is 5.74. The number of nitrogens with one attached hydrogen (secondary N) is 2. The molecule has 1 aliphatic heterocycles. The van der Waals surface area contributed by atoms with Crippen LogP contribution in [-0.2, 0) is 11.3 Å². The van der Waals surface area contributed by atoms with Crippen LogP contribution in [0.5, 0.6) is 0 Å². The van der Waals surface area contributed by atoms with Gasteiger partial charge in [0.05, 0.1) is 11.1 Å². The van der Waals surface area contributed by atoms with Crippen LogP contribution in [0.25, 0.3) is 0 Å². The van der Waals surface area contributed by atoms with Crippen molar-refractivity contribution in [2.75, 3.05) is 20.6 Å². The predicted octanol–water partition coefficient (Wildman–Crippen LogP) is 2.02. The van der Waals surface area contributed by atoms with E-state index >= 15 is 0 Å². The minimum absolute atomic E-state index is 0.0746. The molecule has 2 rings (SSSR count). The minimum atomic E-state index is -0.469. The molecule has 0 aromatic heterocycles. The maximum Gasteiger partial charge on any atom is 0.237 e. The van der Waals surface area contributed by atoms with Gasteiger partial charge in [-0.3, -0.25) is 4.79 Å². The van der Waals surface area contributed by atoms with Crippen molar-refractivity contribution in [3.8, 4) is 0 Å². The average molecular weight is 328 g/mol. The van der Waals surface area contributed by atoms with Gasteiger partial charge in [0, 0.05) is 24.7 Å². The van der Waals surface area contributed by atoms with E-state index < -0.39 is 5.82 Å². The number of hydrogen-bond acceptors (Lipinski definition) is 3. The Labute approximate surface area is 136 Å². The molecule has 2 N–H and O–H groups in total. The number of halogens is 2. The topological polar surface area (TPSA) is 44.4 Å². The molecule has 3 atom stereocenters. The van der Waals surface area contributed by atoms with E-state index in [0.29, 0.717) is 17.5 Å². The van der Waals surface area contributed by atoms with Crippen LogP contribution in [0.4, 0.5) is 4.39 Å². The molecule has 1 amide bonds. The van der Waals surface area contributed by atoms with Gasteiger partial charge in [-0.25, -0.2) is 4.39 Å². The Morgan fingerprint density at radius 1 is 1.55 bits per heavy atom. The highest BCUT2D eigenvalue weighted by Gasteiger charge is 2.32. The minimum Gasteiger partial charge on any atom is -0.351 e. The lowest BCUT2D eigenvalue weighted by molar-refractivity contribution is -0.123. The Hall–Kier alpha value is -1.17. The highest BCUT2D eigenvalue weighted by molar-refractivity contribution is 6.30. The molecule has 6 heteroatoms. The third-order valence-corrected chi connectivity index (χ3v) is 4.75. The van der Waals surface area contributed by atoms with Gasteiger partial charge in [0.1, 0.15) is 5.82 Å². The van der Waals surface area contributed by atoms with Gasteiger partial charge < -0.3 is 15.5 Å². The molecule has 0 spiro atoms. The fourth-order valence-electron chi connectivity index (χ4n) is 2.74. The summed E-state index contributed by atoms with van der Waals surface area (Å²) in [7, 11) is 4.08. The zero-order chi connectivity index (χ0) is 16.3. The number of nitrogens with zero attached hydrogens (tertiary/aromatic N) is 1. The summed E-state index contributed by atoms with van der Waals surface area (Å²) in [5.74, 6) is -0.121. The van der Waals surface area contributed by atoms with Gasteiger partial charge in [0.25, 0.3) is 0 Å². The van der Waals surface area contributed by atoms with Crippen molar-refractivity contribution in [2.24, 2.45) is 5.92 Å². The fraction of sp³-hybridized carbons (Fsp3) is 0.562. The standard InChI is InChI=1S/C16H23ClFN3O/c1-10(21(2)3)12-7-14(19-9-12)16(22)20-8-11-5-4-6-13(17)15(11)18/h4-6,10,12,14,19H,7-9H2,1-3H3,(H,20,22)/t10-,12-,14-/m0/s1. The van der Waals surface area contributed by atoms with Gasteiger partial charge in [-0.15, -0.1) is 0 Å². The zero-order valence-electron chi connectivity index (χ0n) is 13.2. The fourth-order valence-corrected chi connectivity index (χ4v) is 2.94. The third-order valence-electron chi connectivity index (χ3n) is 4.46. The zero-order valence-corrected chi connectivity index (χ0v) is 14.0. The maximum atomic E-state index is 13.8.